The summed E-state index contributed by atoms with van der Waals surface area (Å²) in [6.07, 6.45) is 0. The monoisotopic (exact) mass is 233 g/mol. The number of hydrogen-bond acceptors (Lipinski definition) is 2. The van der Waals surface area contributed by atoms with E-state index in [0.29, 0.717) is 0 Å². The summed E-state index contributed by atoms with van der Waals surface area (Å²) in [5, 5.41) is 1.15. The molecule has 11 heavy (non-hydrogen) atoms. The molecule has 0 fully saturated rings. The van der Waals surface area contributed by atoms with Crippen molar-refractivity contribution in [3.05, 3.63) is 30.3 Å². The van der Waals surface area contributed by atoms with Gasteiger partial charge < -0.3 is 0 Å². The van der Waals surface area contributed by atoms with E-state index in [0.717, 1.165) is 11.1 Å². The molecule has 1 N–H and O–H groups in total. The van der Waals surface area contributed by atoms with Crippen molar-refractivity contribution in [1.29, 1.82) is 0 Å². The third-order valence-corrected chi connectivity index (χ3v) is 3.07. The maximum absolute atomic E-state index is 3.25. The van der Waals surface area contributed by atoms with Crippen LogP contribution in [-0.4, -0.2) is 21.8 Å². The van der Waals surface area contributed by atoms with Gasteiger partial charge in [-0.3, -0.25) is 0 Å². The predicted octanol–water partition coefficient (Wildman–Crippen LogP) is 2.07. The molecule has 3 heteroatoms. The fraction of sp³-hybridized carbons (Fsp3) is 0.250. The van der Waals surface area contributed by atoms with Gasteiger partial charge in [-0.1, -0.05) is 0 Å². The van der Waals surface area contributed by atoms with E-state index in [-0.39, 0.29) is 0 Å². The fourth-order valence-corrected chi connectivity index (χ4v) is 1.76. The van der Waals surface area contributed by atoms with Gasteiger partial charge in [-0.05, 0) is 0 Å². The van der Waals surface area contributed by atoms with Crippen LogP contribution in [0.1, 0.15) is 0 Å². The third-order valence-electron chi connectivity index (χ3n) is 1.16. The molecule has 0 aliphatic carbocycles. The standard InChI is InChI=1S/C8H11NSSe/c11-7-6-10-9-8-4-2-1-3-5-8/h1-5,9,11H,6-7H2. The number of anilines is 1. The normalized spacial score (nSPS) is 9.55. The Morgan fingerprint density at radius 3 is 2.64 bits per heavy atom. The molecule has 0 aromatic heterocycles. The molecule has 0 saturated carbocycles. The first-order valence-corrected chi connectivity index (χ1v) is 5.78. The molecule has 0 spiro atoms. The summed E-state index contributed by atoms with van der Waals surface area (Å²) in [5.41, 5.74) is 1.18. The SMILES string of the molecule is [SeH]CCSNc1ccccc1. The summed E-state index contributed by atoms with van der Waals surface area (Å²) in [7, 11) is 0. The molecule has 0 saturated heterocycles. The van der Waals surface area contributed by atoms with Crippen molar-refractivity contribution in [3.8, 4) is 0 Å². The van der Waals surface area contributed by atoms with Crippen LogP contribution in [0.25, 0.3) is 0 Å². The molecular formula is C8H11NSSe. The van der Waals surface area contributed by atoms with Gasteiger partial charge >= 0.3 is 79.8 Å². The van der Waals surface area contributed by atoms with Crippen LogP contribution in [0, 0.1) is 0 Å². The molecule has 0 aliphatic rings. The first kappa shape index (κ1) is 8.98. The summed E-state index contributed by atoms with van der Waals surface area (Å²) in [5.74, 6) is 1.13. The number of benzene rings is 1. The molecule has 0 heterocycles. The van der Waals surface area contributed by atoms with Gasteiger partial charge in [0, 0.05) is 0 Å². The Hall–Kier alpha value is -0.111. The quantitative estimate of drug-likeness (QED) is 0.484. The molecule has 60 valence electrons. The van der Waals surface area contributed by atoms with E-state index >= 15 is 0 Å². The van der Waals surface area contributed by atoms with Crippen molar-refractivity contribution < 1.29 is 0 Å². The van der Waals surface area contributed by atoms with Crippen molar-refractivity contribution in [2.75, 3.05) is 10.5 Å². The maximum atomic E-state index is 3.25. The van der Waals surface area contributed by atoms with Crippen LogP contribution in [0.2, 0.25) is 5.32 Å². The summed E-state index contributed by atoms with van der Waals surface area (Å²) >= 11 is 4.31. The van der Waals surface area contributed by atoms with Crippen molar-refractivity contribution in [2.24, 2.45) is 0 Å². The fourth-order valence-electron chi connectivity index (χ4n) is 0.686. The first-order valence-electron chi connectivity index (χ1n) is 3.47. The van der Waals surface area contributed by atoms with Gasteiger partial charge in [0.15, 0.2) is 0 Å². The molecule has 0 aliphatic heterocycles. The van der Waals surface area contributed by atoms with Gasteiger partial charge in [0.1, 0.15) is 0 Å². The molecule has 1 aromatic rings. The Bertz CT molecular complexity index is 191. The second-order valence-electron chi connectivity index (χ2n) is 2.04. The number of para-hydroxylation sites is 1. The molecule has 1 aromatic carbocycles. The van der Waals surface area contributed by atoms with Gasteiger partial charge in [0.2, 0.25) is 0 Å². The molecule has 1 nitrogen and oxygen atoms in total. The van der Waals surface area contributed by atoms with Crippen LogP contribution in [-0.2, 0) is 0 Å². The summed E-state index contributed by atoms with van der Waals surface area (Å²) in [4.78, 5) is 0. The van der Waals surface area contributed by atoms with Crippen molar-refractivity contribution in [2.45, 2.75) is 5.32 Å². The Balaban J connectivity index is 2.28. The Morgan fingerprint density at radius 2 is 2.00 bits per heavy atom. The molecule has 0 atom stereocenters. The number of nitrogens with one attached hydrogen (secondary N) is 1. The van der Waals surface area contributed by atoms with Crippen LogP contribution in [0.3, 0.4) is 0 Å². The van der Waals surface area contributed by atoms with Crippen molar-refractivity contribution >= 4 is 33.6 Å². The van der Waals surface area contributed by atoms with Gasteiger partial charge in [-0.25, -0.2) is 0 Å². The molecule has 1 rings (SSSR count). The number of hydrogen-bond donors (Lipinski definition) is 1. The molecule has 0 bridgehead atoms. The minimum atomic E-state index is 1.13. The van der Waals surface area contributed by atoms with E-state index in [1.165, 1.54) is 5.69 Å². The van der Waals surface area contributed by atoms with E-state index in [9.17, 15) is 0 Å². The van der Waals surface area contributed by atoms with Crippen molar-refractivity contribution in [1.82, 2.24) is 0 Å². The number of rotatable bonds is 4. The summed E-state index contributed by atoms with van der Waals surface area (Å²) in [6.45, 7) is 0. The van der Waals surface area contributed by atoms with Gasteiger partial charge in [0.05, 0.1) is 0 Å². The van der Waals surface area contributed by atoms with Crippen LogP contribution in [0.4, 0.5) is 5.69 Å². The van der Waals surface area contributed by atoms with E-state index in [1.54, 1.807) is 11.9 Å². The third kappa shape index (κ3) is 3.71. The van der Waals surface area contributed by atoms with E-state index in [4.69, 9.17) is 0 Å². The Kier molecular flexibility index (Phi) is 4.51. The average Bonchev–Trinajstić information content (AvgIpc) is 2.07. The van der Waals surface area contributed by atoms with E-state index in [2.05, 4.69) is 32.9 Å². The van der Waals surface area contributed by atoms with Crippen LogP contribution >= 0.6 is 11.9 Å². The summed E-state index contributed by atoms with van der Waals surface area (Å²) in [6, 6.07) is 10.2. The second kappa shape index (κ2) is 5.53. The van der Waals surface area contributed by atoms with Gasteiger partial charge in [-0.2, -0.15) is 0 Å². The first-order chi connectivity index (χ1) is 5.43. The van der Waals surface area contributed by atoms with Gasteiger partial charge in [-0.15, -0.1) is 0 Å². The zero-order valence-corrected chi connectivity index (χ0v) is 8.85. The molecular weight excluding hydrogens is 221 g/mol. The topological polar surface area (TPSA) is 12.0 Å². The van der Waals surface area contributed by atoms with E-state index < -0.39 is 0 Å². The van der Waals surface area contributed by atoms with E-state index in [1.807, 2.05) is 18.2 Å². The zero-order valence-electron chi connectivity index (χ0n) is 6.16. The minimum absolute atomic E-state index is 1.13. The van der Waals surface area contributed by atoms with Crippen LogP contribution in [0.15, 0.2) is 30.3 Å². The Labute approximate surface area is 79.9 Å². The van der Waals surface area contributed by atoms with Gasteiger partial charge in [0.25, 0.3) is 0 Å². The predicted molar refractivity (Wildman–Crippen MR) is 54.5 cm³/mol. The molecule has 0 unspecified atom stereocenters. The molecule has 0 radical (unpaired) electrons. The molecule has 0 amide bonds. The van der Waals surface area contributed by atoms with Crippen molar-refractivity contribution in [3.63, 3.8) is 0 Å². The summed E-state index contributed by atoms with van der Waals surface area (Å²) < 4.78 is 3.25. The Morgan fingerprint density at radius 1 is 1.27 bits per heavy atom. The van der Waals surface area contributed by atoms with Crippen LogP contribution in [0.5, 0.6) is 0 Å². The average molecular weight is 232 g/mol. The second-order valence-corrected chi connectivity index (χ2v) is 3.88. The zero-order chi connectivity index (χ0) is 7.94. The van der Waals surface area contributed by atoms with Crippen LogP contribution < -0.4 is 4.72 Å².